The summed E-state index contributed by atoms with van der Waals surface area (Å²) in [6, 6.07) is 4.36. The van der Waals surface area contributed by atoms with Gasteiger partial charge in [-0.05, 0) is 43.7 Å². The Kier molecular flexibility index (Phi) is 4.60. The molecule has 132 valence electrons. The van der Waals surface area contributed by atoms with Crippen LogP contribution in [-0.4, -0.2) is 28.9 Å². The maximum Gasteiger partial charge on any atom is 0.308 e. The number of aliphatic hydroxyl groups is 1. The molecule has 0 radical (unpaired) electrons. The molecule has 2 atom stereocenters. The first-order valence-corrected chi connectivity index (χ1v) is 8.96. The second-order valence-corrected chi connectivity index (χ2v) is 8.06. The van der Waals surface area contributed by atoms with E-state index in [9.17, 15) is 9.90 Å². The Morgan fingerprint density at radius 2 is 2.08 bits per heavy atom. The smallest absolute Gasteiger partial charge is 0.308 e. The monoisotopic (exact) mass is 332 g/mol. The first-order valence-electron chi connectivity index (χ1n) is 8.96. The molecule has 0 aliphatic carbocycles. The summed E-state index contributed by atoms with van der Waals surface area (Å²) in [5.41, 5.74) is 3.69. The lowest BCUT2D eigenvalue weighted by atomic mass is 9.89. The second kappa shape index (κ2) is 6.40. The number of benzene rings is 1. The van der Waals surface area contributed by atoms with Crippen LogP contribution in [-0.2, 0) is 22.4 Å². The van der Waals surface area contributed by atoms with Crippen molar-refractivity contribution in [2.75, 3.05) is 0 Å². The zero-order valence-corrected chi connectivity index (χ0v) is 15.1. The predicted molar refractivity (Wildman–Crippen MR) is 92.4 cm³/mol. The Morgan fingerprint density at radius 3 is 2.75 bits per heavy atom. The molecule has 0 aromatic heterocycles. The minimum Gasteiger partial charge on any atom is -0.487 e. The number of aryl methyl sites for hydroxylation is 1. The van der Waals surface area contributed by atoms with Gasteiger partial charge in [0.1, 0.15) is 17.5 Å². The molecular formula is C20H28O4. The van der Waals surface area contributed by atoms with Crippen LogP contribution in [0.2, 0.25) is 0 Å². The van der Waals surface area contributed by atoms with Gasteiger partial charge >= 0.3 is 5.97 Å². The van der Waals surface area contributed by atoms with Crippen molar-refractivity contribution in [3.05, 3.63) is 28.8 Å². The van der Waals surface area contributed by atoms with Crippen LogP contribution in [0, 0.1) is 0 Å². The van der Waals surface area contributed by atoms with Crippen molar-refractivity contribution in [3.8, 4) is 5.75 Å². The summed E-state index contributed by atoms with van der Waals surface area (Å²) in [5, 5.41) is 9.74. The summed E-state index contributed by atoms with van der Waals surface area (Å²) >= 11 is 0. The van der Waals surface area contributed by atoms with Gasteiger partial charge in [-0.1, -0.05) is 26.0 Å². The summed E-state index contributed by atoms with van der Waals surface area (Å²) in [6.07, 6.45) is 2.33. The van der Waals surface area contributed by atoms with E-state index in [-0.39, 0.29) is 24.1 Å². The van der Waals surface area contributed by atoms with E-state index in [4.69, 9.17) is 9.47 Å². The highest BCUT2D eigenvalue weighted by atomic mass is 16.5. The molecule has 1 N–H and O–H groups in total. The van der Waals surface area contributed by atoms with Gasteiger partial charge in [0.05, 0.1) is 12.5 Å². The minimum absolute atomic E-state index is 0.117. The van der Waals surface area contributed by atoms with E-state index in [1.165, 1.54) is 16.7 Å². The second-order valence-electron chi connectivity index (χ2n) is 8.06. The zero-order chi connectivity index (χ0) is 17.5. The number of ether oxygens (including phenoxy) is 2. The Labute approximate surface area is 144 Å². The third-order valence-corrected chi connectivity index (χ3v) is 4.95. The normalized spacial score (nSPS) is 25.3. The Bertz CT molecular complexity index is 633. The summed E-state index contributed by atoms with van der Waals surface area (Å²) in [6.45, 7) is 8.67. The quantitative estimate of drug-likeness (QED) is 0.857. The number of esters is 1. The summed E-state index contributed by atoms with van der Waals surface area (Å²) in [7, 11) is 0. The maximum atomic E-state index is 11.5. The van der Waals surface area contributed by atoms with E-state index >= 15 is 0 Å². The van der Waals surface area contributed by atoms with E-state index < -0.39 is 6.10 Å². The van der Waals surface area contributed by atoms with Gasteiger partial charge in [0.2, 0.25) is 0 Å². The fourth-order valence-corrected chi connectivity index (χ4v) is 3.83. The maximum absolute atomic E-state index is 11.5. The largest absolute Gasteiger partial charge is 0.487 e. The van der Waals surface area contributed by atoms with E-state index in [0.29, 0.717) is 12.3 Å². The lowest BCUT2D eigenvalue weighted by Gasteiger charge is -2.26. The van der Waals surface area contributed by atoms with Gasteiger partial charge in [0.15, 0.2) is 0 Å². The highest BCUT2D eigenvalue weighted by molar-refractivity contribution is 5.71. The summed E-state index contributed by atoms with van der Waals surface area (Å²) in [5.74, 6) is 1.20. The molecule has 0 saturated carbocycles. The Morgan fingerprint density at radius 1 is 1.33 bits per heavy atom. The van der Waals surface area contributed by atoms with E-state index in [1.807, 2.05) is 0 Å². The van der Waals surface area contributed by atoms with Crippen LogP contribution >= 0.6 is 0 Å². The lowest BCUT2D eigenvalue weighted by Crippen LogP contribution is -2.32. The van der Waals surface area contributed by atoms with Gasteiger partial charge in [0.25, 0.3) is 0 Å². The highest BCUT2D eigenvalue weighted by Crippen LogP contribution is 2.42. The number of aliphatic hydroxyl groups excluding tert-OH is 1. The molecule has 2 aliphatic rings. The van der Waals surface area contributed by atoms with Crippen molar-refractivity contribution in [2.24, 2.45) is 0 Å². The van der Waals surface area contributed by atoms with Crippen LogP contribution < -0.4 is 4.74 Å². The Hall–Kier alpha value is -1.55. The number of fused-ring (bicyclic) bond motifs is 1. The standard InChI is InChI=1S/C20H28O4/c1-12(2)16-8-6-13(19-17(16)11-20(3,4)24-19)5-7-15-9-14(21)10-18(22)23-15/h6,8,12,14-15,21H,5,7,9-11H2,1-4H3/t14-,15-/m0/s1. The number of cyclic esters (lactones) is 1. The summed E-state index contributed by atoms with van der Waals surface area (Å²) < 4.78 is 11.6. The molecule has 0 amide bonds. The molecule has 0 unspecified atom stereocenters. The zero-order valence-electron chi connectivity index (χ0n) is 15.1. The number of rotatable bonds is 4. The Balaban J connectivity index is 1.78. The molecule has 0 bridgehead atoms. The van der Waals surface area contributed by atoms with Crippen LogP contribution in [0.3, 0.4) is 0 Å². The molecule has 1 fully saturated rings. The number of carbonyl (C=O) groups excluding carboxylic acids is 1. The fraction of sp³-hybridized carbons (Fsp3) is 0.650. The molecule has 2 aliphatic heterocycles. The molecular weight excluding hydrogens is 304 g/mol. The van der Waals surface area contributed by atoms with Gasteiger partial charge in [-0.25, -0.2) is 0 Å². The van der Waals surface area contributed by atoms with Crippen molar-refractivity contribution < 1.29 is 19.4 Å². The first kappa shape index (κ1) is 17.3. The number of carbonyl (C=O) groups is 1. The highest BCUT2D eigenvalue weighted by Gasteiger charge is 2.34. The van der Waals surface area contributed by atoms with Gasteiger partial charge in [-0.2, -0.15) is 0 Å². The third-order valence-electron chi connectivity index (χ3n) is 4.95. The van der Waals surface area contributed by atoms with Gasteiger partial charge in [0, 0.05) is 18.4 Å². The summed E-state index contributed by atoms with van der Waals surface area (Å²) in [4.78, 5) is 11.5. The minimum atomic E-state index is -0.569. The van der Waals surface area contributed by atoms with Crippen molar-refractivity contribution >= 4 is 5.97 Å². The SMILES string of the molecule is CC(C)c1ccc(CC[C@H]2C[C@H](O)CC(=O)O2)c2c1CC(C)(C)O2. The van der Waals surface area contributed by atoms with Crippen molar-refractivity contribution in [2.45, 2.75) is 83.5 Å². The van der Waals surface area contributed by atoms with Crippen LogP contribution in [0.5, 0.6) is 5.75 Å². The molecule has 4 nitrogen and oxygen atoms in total. The molecule has 0 spiro atoms. The molecule has 2 heterocycles. The van der Waals surface area contributed by atoms with Crippen LogP contribution in [0.4, 0.5) is 0 Å². The van der Waals surface area contributed by atoms with Crippen molar-refractivity contribution in [1.29, 1.82) is 0 Å². The molecule has 1 saturated heterocycles. The molecule has 24 heavy (non-hydrogen) atoms. The topological polar surface area (TPSA) is 55.8 Å². The van der Waals surface area contributed by atoms with Crippen molar-refractivity contribution in [1.82, 2.24) is 0 Å². The predicted octanol–water partition coefficient (Wildman–Crippen LogP) is 3.52. The van der Waals surface area contributed by atoms with Crippen LogP contribution in [0.25, 0.3) is 0 Å². The van der Waals surface area contributed by atoms with Crippen molar-refractivity contribution in [3.63, 3.8) is 0 Å². The van der Waals surface area contributed by atoms with E-state index in [0.717, 1.165) is 25.0 Å². The van der Waals surface area contributed by atoms with Gasteiger partial charge in [-0.3, -0.25) is 4.79 Å². The fourth-order valence-electron chi connectivity index (χ4n) is 3.83. The molecule has 3 rings (SSSR count). The van der Waals surface area contributed by atoms with Gasteiger partial charge < -0.3 is 14.6 Å². The molecule has 4 heteroatoms. The molecule has 1 aromatic carbocycles. The molecule has 1 aromatic rings. The average Bonchev–Trinajstić information content (AvgIpc) is 2.78. The van der Waals surface area contributed by atoms with Gasteiger partial charge in [-0.15, -0.1) is 0 Å². The average molecular weight is 332 g/mol. The van der Waals surface area contributed by atoms with Crippen LogP contribution in [0.1, 0.15) is 69.6 Å². The number of hydrogen-bond donors (Lipinski definition) is 1. The number of hydrogen-bond acceptors (Lipinski definition) is 4. The third kappa shape index (κ3) is 3.59. The van der Waals surface area contributed by atoms with E-state index in [1.54, 1.807) is 0 Å². The first-order chi connectivity index (χ1) is 11.2. The lowest BCUT2D eigenvalue weighted by molar-refractivity contribution is -0.160. The van der Waals surface area contributed by atoms with E-state index in [2.05, 4.69) is 39.8 Å². The van der Waals surface area contributed by atoms with Crippen LogP contribution in [0.15, 0.2) is 12.1 Å².